The van der Waals surface area contributed by atoms with Crippen LogP contribution in [0.25, 0.3) is 0 Å². The lowest BCUT2D eigenvalue weighted by atomic mass is 10.1. The minimum Gasteiger partial charge on any atom is -0.507 e. The van der Waals surface area contributed by atoms with Gasteiger partial charge in [-0.05, 0) is 31.0 Å². The molecule has 0 bridgehead atoms. The van der Waals surface area contributed by atoms with E-state index >= 15 is 0 Å². The summed E-state index contributed by atoms with van der Waals surface area (Å²) in [5.74, 6) is -0.399. The van der Waals surface area contributed by atoms with Crippen molar-refractivity contribution in [1.82, 2.24) is 10.2 Å². The monoisotopic (exact) mass is 305 g/mol. The van der Waals surface area contributed by atoms with Gasteiger partial charge in [0.2, 0.25) is 5.13 Å². The molecule has 1 amide bonds. The van der Waals surface area contributed by atoms with E-state index in [2.05, 4.69) is 22.4 Å². The first kappa shape index (κ1) is 15.4. The lowest BCUT2D eigenvalue weighted by Crippen LogP contribution is -2.11. The lowest BCUT2D eigenvalue weighted by molar-refractivity contribution is 0.102. The Kier molecular flexibility index (Phi) is 5.27. The van der Waals surface area contributed by atoms with E-state index in [1.807, 2.05) is 6.92 Å². The van der Waals surface area contributed by atoms with Gasteiger partial charge < -0.3 is 5.11 Å². The Hall–Kier alpha value is -1.95. The van der Waals surface area contributed by atoms with Crippen molar-refractivity contribution in [1.29, 1.82) is 0 Å². The van der Waals surface area contributed by atoms with Crippen LogP contribution in [-0.4, -0.2) is 21.2 Å². The third-order valence-corrected chi connectivity index (χ3v) is 3.98. The average Bonchev–Trinajstić information content (AvgIpc) is 2.86. The second-order valence-corrected chi connectivity index (χ2v) is 5.99. The Morgan fingerprint density at radius 3 is 2.86 bits per heavy atom. The Balaban J connectivity index is 1.99. The van der Waals surface area contributed by atoms with Crippen molar-refractivity contribution in [2.75, 3.05) is 5.32 Å². The number of phenolic OH excluding ortho intramolecular Hbond substituents is 1. The highest BCUT2D eigenvalue weighted by molar-refractivity contribution is 7.15. The number of carbonyl (C=O) groups excluding carboxylic acids is 1. The Bertz CT molecular complexity index is 625. The van der Waals surface area contributed by atoms with Gasteiger partial charge in [0, 0.05) is 6.42 Å². The van der Waals surface area contributed by atoms with Crippen LogP contribution < -0.4 is 5.32 Å². The van der Waals surface area contributed by atoms with Gasteiger partial charge in [-0.25, -0.2) is 0 Å². The molecular formula is C15H19N3O2S. The van der Waals surface area contributed by atoms with Crippen molar-refractivity contribution in [3.8, 4) is 5.75 Å². The largest absolute Gasteiger partial charge is 0.507 e. The van der Waals surface area contributed by atoms with Crippen molar-refractivity contribution in [3.05, 3.63) is 34.3 Å². The number of hydrogen-bond acceptors (Lipinski definition) is 5. The number of phenols is 1. The van der Waals surface area contributed by atoms with Crippen molar-refractivity contribution < 1.29 is 9.90 Å². The first-order chi connectivity index (χ1) is 10.1. The number of rotatable bonds is 6. The molecule has 0 saturated heterocycles. The van der Waals surface area contributed by atoms with Gasteiger partial charge in [0.25, 0.3) is 5.91 Å². The van der Waals surface area contributed by atoms with Gasteiger partial charge >= 0.3 is 0 Å². The predicted octanol–water partition coefficient (Wildman–Crippen LogP) is 3.54. The van der Waals surface area contributed by atoms with Gasteiger partial charge in [-0.15, -0.1) is 10.2 Å². The maximum absolute atomic E-state index is 12.1. The van der Waals surface area contributed by atoms with Gasteiger partial charge in [-0.1, -0.05) is 37.2 Å². The molecular weight excluding hydrogens is 286 g/mol. The van der Waals surface area contributed by atoms with Crippen molar-refractivity contribution in [2.24, 2.45) is 0 Å². The van der Waals surface area contributed by atoms with Crippen LogP contribution in [0.3, 0.4) is 0 Å². The number of amides is 1. The molecule has 0 aliphatic heterocycles. The lowest BCUT2D eigenvalue weighted by Gasteiger charge is -2.04. The molecule has 1 aromatic heterocycles. The molecule has 2 rings (SSSR count). The molecule has 0 aliphatic carbocycles. The van der Waals surface area contributed by atoms with Crippen LogP contribution in [0.15, 0.2) is 18.2 Å². The normalized spacial score (nSPS) is 10.6. The summed E-state index contributed by atoms with van der Waals surface area (Å²) in [6, 6.07) is 4.94. The maximum Gasteiger partial charge on any atom is 0.261 e. The van der Waals surface area contributed by atoms with Crippen molar-refractivity contribution >= 4 is 22.4 Å². The summed E-state index contributed by atoms with van der Waals surface area (Å²) in [4.78, 5) is 12.1. The molecule has 0 radical (unpaired) electrons. The molecule has 6 heteroatoms. The molecule has 0 atom stereocenters. The predicted molar refractivity (Wildman–Crippen MR) is 83.9 cm³/mol. The third kappa shape index (κ3) is 4.26. The summed E-state index contributed by atoms with van der Waals surface area (Å²) in [6.07, 6.45) is 4.29. The SMILES string of the molecule is CCCCCc1nnc(NC(=O)c2ccc(C)cc2O)s1. The quantitative estimate of drug-likeness (QED) is 0.800. The fourth-order valence-corrected chi connectivity index (χ4v) is 2.71. The Labute approximate surface area is 128 Å². The molecule has 2 aromatic rings. The minimum atomic E-state index is -0.372. The van der Waals surface area contributed by atoms with E-state index in [0.717, 1.165) is 29.8 Å². The molecule has 2 N–H and O–H groups in total. The topological polar surface area (TPSA) is 75.1 Å². The zero-order valence-electron chi connectivity index (χ0n) is 12.2. The molecule has 1 heterocycles. The van der Waals surface area contributed by atoms with E-state index in [4.69, 9.17) is 0 Å². The van der Waals surface area contributed by atoms with Gasteiger partial charge in [-0.3, -0.25) is 10.1 Å². The van der Waals surface area contributed by atoms with Crippen LogP contribution in [0.4, 0.5) is 5.13 Å². The third-order valence-electron chi connectivity index (χ3n) is 3.08. The van der Waals surface area contributed by atoms with Crippen LogP contribution >= 0.6 is 11.3 Å². The zero-order valence-corrected chi connectivity index (χ0v) is 13.0. The number of hydrogen-bond donors (Lipinski definition) is 2. The zero-order chi connectivity index (χ0) is 15.2. The van der Waals surface area contributed by atoms with Crippen LogP contribution in [0, 0.1) is 6.92 Å². The summed E-state index contributed by atoms with van der Waals surface area (Å²) in [5, 5.41) is 21.9. The molecule has 21 heavy (non-hydrogen) atoms. The average molecular weight is 305 g/mol. The van der Waals surface area contributed by atoms with Crippen LogP contribution in [-0.2, 0) is 6.42 Å². The van der Waals surface area contributed by atoms with Gasteiger partial charge in [-0.2, -0.15) is 0 Å². The van der Waals surface area contributed by atoms with Gasteiger partial charge in [0.15, 0.2) is 0 Å². The molecule has 0 spiro atoms. The van der Waals surface area contributed by atoms with E-state index in [9.17, 15) is 9.90 Å². The molecule has 112 valence electrons. The number of nitrogens with one attached hydrogen (secondary N) is 1. The number of nitrogens with zero attached hydrogens (tertiary/aromatic N) is 2. The van der Waals surface area contributed by atoms with E-state index in [0.29, 0.717) is 5.13 Å². The number of unbranched alkanes of at least 4 members (excludes halogenated alkanes) is 2. The summed E-state index contributed by atoms with van der Waals surface area (Å²) in [7, 11) is 0. The number of benzene rings is 1. The fraction of sp³-hybridized carbons (Fsp3) is 0.400. The van der Waals surface area contributed by atoms with Crippen molar-refractivity contribution in [3.63, 3.8) is 0 Å². The molecule has 0 saturated carbocycles. The number of aromatic nitrogens is 2. The second kappa shape index (κ2) is 7.17. The highest BCUT2D eigenvalue weighted by Crippen LogP contribution is 2.22. The summed E-state index contributed by atoms with van der Waals surface area (Å²) < 4.78 is 0. The minimum absolute atomic E-state index is 0.0276. The fourth-order valence-electron chi connectivity index (χ4n) is 1.93. The van der Waals surface area contributed by atoms with Crippen LogP contribution in [0.1, 0.15) is 47.1 Å². The molecule has 5 nitrogen and oxygen atoms in total. The van der Waals surface area contributed by atoms with E-state index in [1.54, 1.807) is 18.2 Å². The van der Waals surface area contributed by atoms with Crippen LogP contribution in [0.2, 0.25) is 0 Å². The molecule has 0 unspecified atom stereocenters. The van der Waals surface area contributed by atoms with E-state index < -0.39 is 0 Å². The van der Waals surface area contributed by atoms with Crippen molar-refractivity contribution in [2.45, 2.75) is 39.5 Å². The number of aromatic hydroxyl groups is 1. The Morgan fingerprint density at radius 2 is 2.14 bits per heavy atom. The number of carbonyl (C=O) groups is 1. The first-order valence-electron chi connectivity index (χ1n) is 7.03. The van der Waals surface area contributed by atoms with E-state index in [-0.39, 0.29) is 17.2 Å². The second-order valence-electron chi connectivity index (χ2n) is 4.93. The number of aryl methyl sites for hydroxylation is 2. The highest BCUT2D eigenvalue weighted by atomic mass is 32.1. The van der Waals surface area contributed by atoms with Gasteiger partial charge in [0.1, 0.15) is 10.8 Å². The molecule has 0 aliphatic rings. The van der Waals surface area contributed by atoms with Gasteiger partial charge in [0.05, 0.1) is 5.56 Å². The molecule has 0 fully saturated rings. The molecule has 1 aromatic carbocycles. The smallest absolute Gasteiger partial charge is 0.261 e. The van der Waals surface area contributed by atoms with E-state index in [1.165, 1.54) is 17.8 Å². The summed E-state index contributed by atoms with van der Waals surface area (Å²) >= 11 is 1.38. The summed E-state index contributed by atoms with van der Waals surface area (Å²) in [5.41, 5.74) is 1.14. The number of anilines is 1. The maximum atomic E-state index is 12.1. The van der Waals surface area contributed by atoms with Crippen LogP contribution in [0.5, 0.6) is 5.75 Å². The first-order valence-corrected chi connectivity index (χ1v) is 7.85. The summed E-state index contributed by atoms with van der Waals surface area (Å²) in [6.45, 7) is 4.01. The standard InChI is InChI=1S/C15H19N3O2S/c1-3-4-5-6-13-17-18-15(21-13)16-14(20)11-8-7-10(2)9-12(11)19/h7-9,19H,3-6H2,1-2H3,(H,16,18,20). The Morgan fingerprint density at radius 1 is 1.33 bits per heavy atom. The highest BCUT2D eigenvalue weighted by Gasteiger charge is 2.13.